The lowest BCUT2D eigenvalue weighted by atomic mass is 10.2. The third-order valence-corrected chi connectivity index (χ3v) is 4.19. The molecule has 2 rings (SSSR count). The normalized spacial score (nSPS) is 11.0. The van der Waals surface area contributed by atoms with E-state index in [9.17, 15) is 4.79 Å². The van der Waals surface area contributed by atoms with E-state index in [2.05, 4.69) is 27.8 Å². The predicted octanol–water partition coefficient (Wildman–Crippen LogP) is 4.14. The number of ether oxygens (including phenoxy) is 1. The molecule has 4 nitrogen and oxygen atoms in total. The predicted molar refractivity (Wildman–Crippen MR) is 86.6 cm³/mol. The van der Waals surface area contributed by atoms with Crippen LogP contribution in [-0.2, 0) is 17.8 Å². The molecule has 1 aromatic carbocycles. The van der Waals surface area contributed by atoms with Crippen LogP contribution in [0.4, 0.5) is 0 Å². The smallest absolute Gasteiger partial charge is 0.328 e. The van der Waals surface area contributed by atoms with E-state index in [0.29, 0.717) is 17.9 Å². The van der Waals surface area contributed by atoms with Crippen LogP contribution in [0.15, 0.2) is 34.1 Å². The van der Waals surface area contributed by atoms with Crippen LogP contribution in [0.25, 0.3) is 6.08 Å². The van der Waals surface area contributed by atoms with Gasteiger partial charge in [-0.3, -0.25) is 0 Å². The Labute approximate surface area is 135 Å². The van der Waals surface area contributed by atoms with Crippen molar-refractivity contribution < 1.29 is 14.6 Å². The molecule has 0 aliphatic rings. The first kappa shape index (κ1) is 15.7. The molecule has 0 saturated carbocycles. The molecule has 1 N–H and O–H groups in total. The summed E-state index contributed by atoms with van der Waals surface area (Å²) in [6.45, 7) is 2.43. The molecular formula is C15H14BrNO3S. The molecule has 2 aromatic rings. The molecule has 1 aromatic heterocycles. The van der Waals surface area contributed by atoms with Gasteiger partial charge in [0.05, 0.1) is 10.7 Å². The van der Waals surface area contributed by atoms with Crippen molar-refractivity contribution in [3.63, 3.8) is 0 Å². The Hall–Kier alpha value is -1.66. The summed E-state index contributed by atoms with van der Waals surface area (Å²) in [5.41, 5.74) is 1.59. The molecule has 6 heteroatoms. The zero-order valence-electron chi connectivity index (χ0n) is 11.4. The number of aromatic nitrogens is 1. The monoisotopic (exact) mass is 367 g/mol. The van der Waals surface area contributed by atoms with E-state index in [-0.39, 0.29) is 0 Å². The van der Waals surface area contributed by atoms with E-state index >= 15 is 0 Å². The van der Waals surface area contributed by atoms with Crippen molar-refractivity contribution in [2.45, 2.75) is 20.0 Å². The van der Waals surface area contributed by atoms with E-state index in [1.807, 2.05) is 17.5 Å². The minimum Gasteiger partial charge on any atom is -0.487 e. The standard InChI is InChI=1S/C15H14BrNO3S/c1-2-14-17-12(9-21-14)8-20-13-5-4-11(16)7-10(13)3-6-15(18)19/h3-7,9H,2,8H2,1H3,(H,18,19). The molecule has 0 aliphatic carbocycles. The van der Waals surface area contributed by atoms with Gasteiger partial charge in [0, 0.05) is 21.5 Å². The maximum Gasteiger partial charge on any atom is 0.328 e. The highest BCUT2D eigenvalue weighted by molar-refractivity contribution is 9.10. The molecule has 0 unspecified atom stereocenters. The van der Waals surface area contributed by atoms with Gasteiger partial charge in [0.1, 0.15) is 12.4 Å². The van der Waals surface area contributed by atoms with Crippen LogP contribution in [0.3, 0.4) is 0 Å². The number of carboxylic acid groups (broad SMARTS) is 1. The number of carboxylic acids is 1. The van der Waals surface area contributed by atoms with E-state index in [0.717, 1.165) is 27.7 Å². The maximum atomic E-state index is 10.6. The van der Waals surface area contributed by atoms with Crippen LogP contribution in [0, 0.1) is 0 Å². The molecule has 0 spiro atoms. The Kier molecular flexibility index (Phi) is 5.52. The number of thiazole rings is 1. The molecule has 0 radical (unpaired) electrons. The lowest BCUT2D eigenvalue weighted by Crippen LogP contribution is -1.98. The Morgan fingerprint density at radius 3 is 3.00 bits per heavy atom. The van der Waals surface area contributed by atoms with Gasteiger partial charge in [-0.05, 0) is 30.7 Å². The Balaban J connectivity index is 2.13. The number of rotatable bonds is 6. The molecular weight excluding hydrogens is 354 g/mol. The summed E-state index contributed by atoms with van der Waals surface area (Å²) in [6, 6.07) is 5.47. The van der Waals surface area contributed by atoms with E-state index < -0.39 is 5.97 Å². The fourth-order valence-corrected chi connectivity index (χ4v) is 2.78. The van der Waals surface area contributed by atoms with E-state index in [1.165, 1.54) is 6.08 Å². The minimum absolute atomic E-state index is 0.367. The average molecular weight is 368 g/mol. The first-order valence-electron chi connectivity index (χ1n) is 6.35. The number of halogens is 1. The molecule has 1 heterocycles. The highest BCUT2D eigenvalue weighted by atomic mass is 79.9. The van der Waals surface area contributed by atoms with Crippen molar-refractivity contribution in [3.8, 4) is 5.75 Å². The number of nitrogens with zero attached hydrogens (tertiary/aromatic N) is 1. The van der Waals surface area contributed by atoms with Crippen molar-refractivity contribution in [2.24, 2.45) is 0 Å². The first-order chi connectivity index (χ1) is 10.1. The number of hydrogen-bond acceptors (Lipinski definition) is 4. The quantitative estimate of drug-likeness (QED) is 0.779. The third-order valence-electron chi connectivity index (χ3n) is 2.65. The van der Waals surface area contributed by atoms with Gasteiger partial charge in [-0.1, -0.05) is 22.9 Å². The second kappa shape index (κ2) is 7.38. The van der Waals surface area contributed by atoms with Crippen molar-refractivity contribution >= 4 is 39.3 Å². The van der Waals surface area contributed by atoms with Gasteiger partial charge in [-0.15, -0.1) is 11.3 Å². The number of carbonyl (C=O) groups is 1. The van der Waals surface area contributed by atoms with Crippen molar-refractivity contribution in [3.05, 3.63) is 50.4 Å². The molecule has 21 heavy (non-hydrogen) atoms. The van der Waals surface area contributed by atoms with Gasteiger partial charge in [-0.2, -0.15) is 0 Å². The summed E-state index contributed by atoms with van der Waals surface area (Å²) in [5, 5.41) is 11.8. The number of hydrogen-bond donors (Lipinski definition) is 1. The lowest BCUT2D eigenvalue weighted by molar-refractivity contribution is -0.131. The number of aryl methyl sites for hydroxylation is 1. The van der Waals surface area contributed by atoms with Crippen LogP contribution in [0.5, 0.6) is 5.75 Å². The maximum absolute atomic E-state index is 10.6. The zero-order chi connectivity index (χ0) is 15.2. The summed E-state index contributed by atoms with van der Waals surface area (Å²) >= 11 is 4.98. The molecule has 0 amide bonds. The lowest BCUT2D eigenvalue weighted by Gasteiger charge is -2.08. The zero-order valence-corrected chi connectivity index (χ0v) is 13.8. The van der Waals surface area contributed by atoms with Gasteiger partial charge >= 0.3 is 5.97 Å². The van der Waals surface area contributed by atoms with Crippen LogP contribution in [0.1, 0.15) is 23.2 Å². The highest BCUT2D eigenvalue weighted by Gasteiger charge is 2.05. The van der Waals surface area contributed by atoms with Crippen LogP contribution < -0.4 is 4.74 Å². The molecule has 0 bridgehead atoms. The topological polar surface area (TPSA) is 59.4 Å². The number of benzene rings is 1. The summed E-state index contributed by atoms with van der Waals surface area (Å²) in [5.74, 6) is -0.366. The molecule has 0 saturated heterocycles. The summed E-state index contributed by atoms with van der Waals surface area (Å²) in [7, 11) is 0. The SMILES string of the molecule is CCc1nc(COc2ccc(Br)cc2C=CC(=O)O)cs1. The molecule has 0 atom stereocenters. The third kappa shape index (κ3) is 4.68. The van der Waals surface area contributed by atoms with E-state index in [1.54, 1.807) is 17.4 Å². The van der Waals surface area contributed by atoms with Crippen molar-refractivity contribution in [1.29, 1.82) is 0 Å². The summed E-state index contributed by atoms with van der Waals surface area (Å²) in [4.78, 5) is 15.1. The minimum atomic E-state index is -0.993. The fraction of sp³-hybridized carbons (Fsp3) is 0.200. The van der Waals surface area contributed by atoms with Crippen molar-refractivity contribution in [2.75, 3.05) is 0 Å². The van der Waals surface area contributed by atoms with Crippen LogP contribution in [-0.4, -0.2) is 16.1 Å². The largest absolute Gasteiger partial charge is 0.487 e. The molecule has 0 aliphatic heterocycles. The summed E-state index contributed by atoms with van der Waals surface area (Å²) < 4.78 is 6.61. The van der Waals surface area contributed by atoms with Crippen molar-refractivity contribution in [1.82, 2.24) is 4.98 Å². The number of aliphatic carboxylic acids is 1. The Morgan fingerprint density at radius 1 is 1.52 bits per heavy atom. The second-order valence-corrected chi connectivity index (χ2v) is 6.09. The molecule has 0 fully saturated rings. The average Bonchev–Trinajstić information content (AvgIpc) is 2.92. The van der Waals surface area contributed by atoms with E-state index in [4.69, 9.17) is 9.84 Å². The highest BCUT2D eigenvalue weighted by Crippen LogP contribution is 2.25. The van der Waals surface area contributed by atoms with Crippen LogP contribution >= 0.6 is 27.3 Å². The Bertz CT molecular complexity index is 667. The first-order valence-corrected chi connectivity index (χ1v) is 8.02. The van der Waals surface area contributed by atoms with Crippen LogP contribution in [0.2, 0.25) is 0 Å². The van der Waals surface area contributed by atoms with Gasteiger partial charge < -0.3 is 9.84 Å². The second-order valence-electron chi connectivity index (χ2n) is 4.23. The van der Waals surface area contributed by atoms with Gasteiger partial charge in [0.2, 0.25) is 0 Å². The fourth-order valence-electron chi connectivity index (χ4n) is 1.67. The molecule has 110 valence electrons. The van der Waals surface area contributed by atoms with Gasteiger partial charge in [0.15, 0.2) is 0 Å². The Morgan fingerprint density at radius 2 is 2.33 bits per heavy atom. The van der Waals surface area contributed by atoms with Gasteiger partial charge in [-0.25, -0.2) is 9.78 Å². The summed E-state index contributed by atoms with van der Waals surface area (Å²) in [6.07, 6.45) is 3.52. The van der Waals surface area contributed by atoms with Gasteiger partial charge in [0.25, 0.3) is 0 Å².